The van der Waals surface area contributed by atoms with E-state index in [4.69, 9.17) is 0 Å². The third-order valence-electron chi connectivity index (χ3n) is 8.19. The van der Waals surface area contributed by atoms with Gasteiger partial charge >= 0.3 is 6.18 Å². The van der Waals surface area contributed by atoms with E-state index in [1.54, 1.807) is 6.07 Å². The Kier molecular flexibility index (Phi) is 7.66. The molecular weight excluding hydrogens is 511 g/mol. The first-order valence-corrected chi connectivity index (χ1v) is 13.5. The van der Waals surface area contributed by atoms with Gasteiger partial charge < -0.3 is 10.0 Å². The number of amides is 3. The Morgan fingerprint density at radius 3 is 2.36 bits per heavy atom. The number of halogens is 3. The van der Waals surface area contributed by atoms with Crippen LogP contribution in [-0.2, 0) is 22.3 Å². The van der Waals surface area contributed by atoms with Crippen LogP contribution in [0.15, 0.2) is 42.5 Å². The molecule has 2 aromatic carbocycles. The minimum atomic E-state index is -4.23. The van der Waals surface area contributed by atoms with Crippen molar-refractivity contribution >= 4 is 17.7 Å². The summed E-state index contributed by atoms with van der Waals surface area (Å²) in [5.41, 5.74) is 1.52. The van der Waals surface area contributed by atoms with Crippen molar-refractivity contribution in [1.82, 2.24) is 15.1 Å². The highest BCUT2D eigenvalue weighted by atomic mass is 19.4. The Balaban J connectivity index is 0.000000158. The van der Waals surface area contributed by atoms with Crippen LogP contribution in [0.1, 0.15) is 77.9 Å². The fraction of sp³-hybridized carbons (Fsp3) is 0.483. The van der Waals surface area contributed by atoms with Gasteiger partial charge in [0, 0.05) is 43.6 Å². The molecule has 39 heavy (non-hydrogen) atoms. The maximum absolute atomic E-state index is 12.7. The predicted octanol–water partition coefficient (Wildman–Crippen LogP) is 4.59. The lowest BCUT2D eigenvalue weighted by atomic mass is 9.85. The number of phenols is 1. The summed E-state index contributed by atoms with van der Waals surface area (Å²) in [7, 11) is 0. The molecule has 2 aromatic rings. The van der Waals surface area contributed by atoms with Gasteiger partial charge in [0.15, 0.2) is 0 Å². The first-order valence-electron chi connectivity index (χ1n) is 13.5. The van der Waals surface area contributed by atoms with E-state index in [-0.39, 0.29) is 36.4 Å². The second kappa shape index (κ2) is 11.0. The summed E-state index contributed by atoms with van der Waals surface area (Å²) >= 11 is 0. The largest absolute Gasteiger partial charge is 0.508 e. The summed E-state index contributed by atoms with van der Waals surface area (Å²) in [6.45, 7) is 2.13. The van der Waals surface area contributed by atoms with Crippen molar-refractivity contribution in [2.45, 2.75) is 75.7 Å². The topological polar surface area (TPSA) is 90.0 Å². The number of piperidine rings is 1. The number of fused-ring (bicyclic) bond motifs is 1. The number of carbonyl (C=O) groups is 3. The van der Waals surface area contributed by atoms with E-state index >= 15 is 0 Å². The SMILES string of the molecule is FC(F)(F)c1cccc(C2CN(C3CCCCC3)C2)c1.O=C1CCC(N2Cc3cc(O)ccc3C2=O)C(=O)N1. The summed E-state index contributed by atoms with van der Waals surface area (Å²) in [5.74, 6) is -0.593. The van der Waals surface area contributed by atoms with E-state index in [1.165, 1.54) is 61.3 Å². The summed E-state index contributed by atoms with van der Waals surface area (Å²) in [5, 5.41) is 11.7. The van der Waals surface area contributed by atoms with E-state index in [0.29, 0.717) is 23.6 Å². The smallest absolute Gasteiger partial charge is 0.416 e. The number of hydrogen-bond donors (Lipinski definition) is 2. The van der Waals surface area contributed by atoms with Crippen molar-refractivity contribution in [3.63, 3.8) is 0 Å². The second-order valence-electron chi connectivity index (χ2n) is 10.8. The summed E-state index contributed by atoms with van der Waals surface area (Å²) < 4.78 is 38.1. The number of nitrogens with zero attached hydrogens (tertiary/aromatic N) is 2. The first kappa shape index (κ1) is 27.2. The molecule has 10 heteroatoms. The van der Waals surface area contributed by atoms with Gasteiger partial charge in [-0.3, -0.25) is 24.6 Å². The van der Waals surface area contributed by atoms with Crippen LogP contribution in [0.25, 0.3) is 0 Å². The molecule has 1 atom stereocenters. The molecule has 7 nitrogen and oxygen atoms in total. The lowest BCUT2D eigenvalue weighted by molar-refractivity contribution is -0.138. The molecule has 6 rings (SSSR count). The maximum Gasteiger partial charge on any atom is 0.416 e. The van der Waals surface area contributed by atoms with E-state index in [9.17, 15) is 32.7 Å². The molecule has 2 saturated heterocycles. The van der Waals surface area contributed by atoms with Gasteiger partial charge in [0.1, 0.15) is 11.8 Å². The van der Waals surface area contributed by atoms with Crippen molar-refractivity contribution in [2.24, 2.45) is 0 Å². The minimum Gasteiger partial charge on any atom is -0.508 e. The van der Waals surface area contributed by atoms with Gasteiger partial charge in [-0.2, -0.15) is 13.2 Å². The first-order chi connectivity index (χ1) is 18.6. The average molecular weight is 544 g/mol. The van der Waals surface area contributed by atoms with Gasteiger partial charge in [0.2, 0.25) is 11.8 Å². The van der Waals surface area contributed by atoms with Gasteiger partial charge in [-0.25, -0.2) is 0 Å². The van der Waals surface area contributed by atoms with E-state index < -0.39 is 23.7 Å². The van der Waals surface area contributed by atoms with Crippen molar-refractivity contribution in [3.8, 4) is 5.75 Å². The van der Waals surface area contributed by atoms with Crippen LogP contribution in [0.3, 0.4) is 0 Å². The number of aromatic hydroxyl groups is 1. The Bertz CT molecular complexity index is 1250. The zero-order chi connectivity index (χ0) is 27.7. The molecule has 208 valence electrons. The molecule has 4 aliphatic rings. The maximum atomic E-state index is 12.7. The standard InChI is InChI=1S/C16H20F3N.C13H12N2O4/c17-16(18,19)14-6-4-5-12(9-14)13-10-20(11-13)15-7-2-1-3-8-15;16-8-1-2-9-7(5-8)6-15(13(9)19)10-3-4-11(17)14-12(10)18/h4-6,9,13,15H,1-3,7-8,10-11H2;1-2,5,10,16H,3-4,6H2,(H,14,17,18). The summed E-state index contributed by atoms with van der Waals surface area (Å²) in [4.78, 5) is 39.0. The molecular formula is C29H32F3N3O4. The fourth-order valence-electron chi connectivity index (χ4n) is 6.00. The molecule has 0 aromatic heterocycles. The predicted molar refractivity (Wildman–Crippen MR) is 137 cm³/mol. The molecule has 2 N–H and O–H groups in total. The zero-order valence-corrected chi connectivity index (χ0v) is 21.5. The van der Waals surface area contributed by atoms with Gasteiger partial charge in [-0.1, -0.05) is 37.5 Å². The fourth-order valence-corrected chi connectivity index (χ4v) is 6.00. The third-order valence-corrected chi connectivity index (χ3v) is 8.19. The highest BCUT2D eigenvalue weighted by Gasteiger charge is 2.39. The monoisotopic (exact) mass is 543 g/mol. The molecule has 1 saturated carbocycles. The molecule has 3 fully saturated rings. The number of rotatable bonds is 3. The number of hydrogen-bond acceptors (Lipinski definition) is 5. The van der Waals surface area contributed by atoms with Crippen molar-refractivity contribution in [1.29, 1.82) is 0 Å². The number of nitrogens with one attached hydrogen (secondary N) is 1. The third kappa shape index (κ3) is 5.95. The van der Waals surface area contributed by atoms with E-state index in [1.807, 2.05) is 6.07 Å². The summed E-state index contributed by atoms with van der Waals surface area (Å²) in [6.07, 6.45) is 2.80. The Labute approximate surface area is 225 Å². The van der Waals surface area contributed by atoms with Crippen LogP contribution in [0.5, 0.6) is 5.75 Å². The molecule has 3 aliphatic heterocycles. The van der Waals surface area contributed by atoms with Crippen LogP contribution in [0, 0.1) is 0 Å². The Hall–Kier alpha value is -3.40. The molecule has 1 aliphatic carbocycles. The lowest BCUT2D eigenvalue weighted by Crippen LogP contribution is -2.52. The highest BCUT2D eigenvalue weighted by molar-refractivity contribution is 6.05. The Morgan fingerprint density at radius 2 is 1.67 bits per heavy atom. The summed E-state index contributed by atoms with van der Waals surface area (Å²) in [6, 6.07) is 10.4. The number of carbonyl (C=O) groups excluding carboxylic acids is 3. The van der Waals surface area contributed by atoms with Crippen LogP contribution in [0.2, 0.25) is 0 Å². The van der Waals surface area contributed by atoms with Crippen LogP contribution < -0.4 is 5.32 Å². The van der Waals surface area contributed by atoms with Crippen molar-refractivity contribution in [2.75, 3.05) is 13.1 Å². The van der Waals surface area contributed by atoms with Crippen molar-refractivity contribution in [3.05, 3.63) is 64.7 Å². The average Bonchev–Trinajstić information content (AvgIpc) is 3.19. The van der Waals surface area contributed by atoms with E-state index in [0.717, 1.165) is 24.7 Å². The molecule has 3 heterocycles. The van der Waals surface area contributed by atoms with Crippen LogP contribution >= 0.6 is 0 Å². The normalized spacial score (nSPS) is 22.6. The molecule has 0 spiro atoms. The minimum absolute atomic E-state index is 0.0941. The molecule has 1 unspecified atom stereocenters. The van der Waals surface area contributed by atoms with Gasteiger partial charge in [0.05, 0.1) is 5.56 Å². The van der Waals surface area contributed by atoms with Gasteiger partial charge in [-0.05, 0) is 54.7 Å². The quantitative estimate of drug-likeness (QED) is 0.553. The van der Waals surface area contributed by atoms with E-state index in [2.05, 4.69) is 10.2 Å². The number of imide groups is 1. The van der Waals surface area contributed by atoms with Crippen molar-refractivity contribution < 1.29 is 32.7 Å². The van der Waals surface area contributed by atoms with Gasteiger partial charge in [-0.15, -0.1) is 0 Å². The Morgan fingerprint density at radius 1 is 0.923 bits per heavy atom. The number of benzene rings is 2. The van der Waals surface area contributed by atoms with Crippen LogP contribution in [0.4, 0.5) is 13.2 Å². The molecule has 3 amide bonds. The second-order valence-corrected chi connectivity index (χ2v) is 10.8. The number of likely N-dealkylation sites (tertiary alicyclic amines) is 1. The number of alkyl halides is 3. The lowest BCUT2D eigenvalue weighted by Gasteiger charge is -2.46. The molecule has 0 radical (unpaired) electrons. The highest BCUT2D eigenvalue weighted by Crippen LogP contribution is 2.36. The zero-order valence-electron chi connectivity index (χ0n) is 21.5. The van der Waals surface area contributed by atoms with Crippen LogP contribution in [-0.4, -0.2) is 57.8 Å². The van der Waals surface area contributed by atoms with Gasteiger partial charge in [0.25, 0.3) is 5.91 Å². The number of phenolic OH excluding ortho intramolecular Hbond substituents is 1. The molecule has 0 bridgehead atoms.